The first-order valence-electron chi connectivity index (χ1n) is 11.8. The monoisotopic (exact) mass is 458 g/mol. The standard InChI is InChI=1S/C27H30N4O3/c1-29-25(32)27(31(26(29)33)15-11-20-5-8-23(34-2)9-6-20)12-16-30(17-13-27)19-21-7-10-24-22(18-21)4-3-14-28-24/h3-10,14,18H,11-13,15-17,19H2,1-2H3. The third kappa shape index (κ3) is 4.01. The van der Waals surface area contributed by atoms with E-state index in [1.54, 1.807) is 14.2 Å². The number of likely N-dealkylation sites (N-methyl/N-ethyl adjacent to an activating group) is 1. The molecule has 0 atom stereocenters. The summed E-state index contributed by atoms with van der Waals surface area (Å²) in [5, 5.41) is 1.14. The van der Waals surface area contributed by atoms with Gasteiger partial charge in [0.25, 0.3) is 5.91 Å². The number of pyridine rings is 1. The smallest absolute Gasteiger partial charge is 0.327 e. The number of aromatic nitrogens is 1. The van der Waals surface area contributed by atoms with Gasteiger partial charge in [-0.05, 0) is 60.7 Å². The molecule has 0 unspecified atom stereocenters. The number of carbonyl (C=O) groups is 2. The third-order valence-electron chi connectivity index (χ3n) is 7.28. The summed E-state index contributed by atoms with van der Waals surface area (Å²) in [6.45, 7) is 2.90. The summed E-state index contributed by atoms with van der Waals surface area (Å²) in [7, 11) is 3.25. The number of ether oxygens (including phenoxy) is 1. The van der Waals surface area contributed by atoms with Crippen molar-refractivity contribution >= 4 is 22.8 Å². The highest BCUT2D eigenvalue weighted by atomic mass is 16.5. The second-order valence-electron chi connectivity index (χ2n) is 9.23. The van der Waals surface area contributed by atoms with E-state index in [4.69, 9.17) is 4.74 Å². The average molecular weight is 459 g/mol. The van der Waals surface area contributed by atoms with Crippen molar-refractivity contribution in [1.82, 2.24) is 19.7 Å². The van der Waals surface area contributed by atoms with Crippen LogP contribution in [0.3, 0.4) is 0 Å². The van der Waals surface area contributed by atoms with Crippen LogP contribution in [-0.2, 0) is 17.8 Å². The zero-order valence-electron chi connectivity index (χ0n) is 19.7. The minimum atomic E-state index is -0.734. The fraction of sp³-hybridized carbons (Fsp3) is 0.370. The number of nitrogens with zero attached hydrogens (tertiary/aromatic N) is 4. The lowest BCUT2D eigenvalue weighted by Crippen LogP contribution is -2.56. The van der Waals surface area contributed by atoms with Crippen LogP contribution < -0.4 is 4.74 Å². The average Bonchev–Trinajstić information content (AvgIpc) is 3.05. The molecule has 1 aromatic heterocycles. The third-order valence-corrected chi connectivity index (χ3v) is 7.28. The highest BCUT2D eigenvalue weighted by Gasteiger charge is 2.56. The quantitative estimate of drug-likeness (QED) is 0.527. The van der Waals surface area contributed by atoms with Crippen molar-refractivity contribution in [2.24, 2.45) is 0 Å². The number of rotatable bonds is 6. The van der Waals surface area contributed by atoms with Gasteiger partial charge >= 0.3 is 6.03 Å². The van der Waals surface area contributed by atoms with Gasteiger partial charge in [-0.3, -0.25) is 19.6 Å². The van der Waals surface area contributed by atoms with Gasteiger partial charge in [0.2, 0.25) is 0 Å². The summed E-state index contributed by atoms with van der Waals surface area (Å²) < 4.78 is 5.23. The molecule has 3 amide bonds. The molecule has 0 N–H and O–H groups in total. The van der Waals surface area contributed by atoms with Crippen molar-refractivity contribution in [1.29, 1.82) is 0 Å². The first-order chi connectivity index (χ1) is 16.5. The maximum absolute atomic E-state index is 13.2. The maximum atomic E-state index is 13.2. The largest absolute Gasteiger partial charge is 0.497 e. The number of piperidine rings is 1. The molecule has 5 rings (SSSR count). The predicted octanol–water partition coefficient (Wildman–Crippen LogP) is 3.71. The number of carbonyl (C=O) groups excluding carboxylic acids is 2. The molecule has 2 aliphatic rings. The molecule has 7 nitrogen and oxygen atoms in total. The number of likely N-dealkylation sites (tertiary alicyclic amines) is 1. The summed E-state index contributed by atoms with van der Waals surface area (Å²) in [5.41, 5.74) is 2.62. The van der Waals surface area contributed by atoms with Crippen molar-refractivity contribution in [2.45, 2.75) is 31.3 Å². The normalized spacial score (nSPS) is 18.3. The van der Waals surface area contributed by atoms with E-state index in [0.717, 1.165) is 41.9 Å². The van der Waals surface area contributed by atoms with E-state index in [2.05, 4.69) is 34.1 Å². The number of benzene rings is 2. The Balaban J connectivity index is 1.27. The molecule has 0 radical (unpaired) electrons. The minimum absolute atomic E-state index is 0.0661. The summed E-state index contributed by atoms with van der Waals surface area (Å²) >= 11 is 0. The number of amides is 3. The Bertz CT molecular complexity index is 1200. The molecule has 7 heteroatoms. The predicted molar refractivity (Wildman–Crippen MR) is 131 cm³/mol. The lowest BCUT2D eigenvalue weighted by Gasteiger charge is -2.42. The number of hydrogen-bond donors (Lipinski definition) is 0. The second-order valence-corrected chi connectivity index (χ2v) is 9.23. The molecule has 0 aliphatic carbocycles. The number of methoxy groups -OCH3 is 1. The lowest BCUT2D eigenvalue weighted by atomic mass is 9.85. The van der Waals surface area contributed by atoms with E-state index in [0.29, 0.717) is 25.8 Å². The van der Waals surface area contributed by atoms with Crippen molar-refractivity contribution < 1.29 is 14.3 Å². The topological polar surface area (TPSA) is 66.0 Å². The van der Waals surface area contributed by atoms with Crippen LogP contribution in [0.25, 0.3) is 10.9 Å². The Morgan fingerprint density at radius 3 is 2.47 bits per heavy atom. The van der Waals surface area contributed by atoms with Gasteiger partial charge < -0.3 is 9.64 Å². The Labute approximate surface area is 199 Å². The maximum Gasteiger partial charge on any atom is 0.327 e. The zero-order chi connectivity index (χ0) is 23.7. The zero-order valence-corrected chi connectivity index (χ0v) is 19.7. The number of imide groups is 1. The molecule has 2 fully saturated rings. The Hall–Kier alpha value is -3.45. The first kappa shape index (κ1) is 22.3. The van der Waals surface area contributed by atoms with Gasteiger partial charge in [0, 0.05) is 44.8 Å². The van der Waals surface area contributed by atoms with Crippen LogP contribution in [0.2, 0.25) is 0 Å². The summed E-state index contributed by atoms with van der Waals surface area (Å²) in [4.78, 5) is 36.1. The Morgan fingerprint density at radius 2 is 1.74 bits per heavy atom. The fourth-order valence-electron chi connectivity index (χ4n) is 5.27. The van der Waals surface area contributed by atoms with Crippen LogP contribution >= 0.6 is 0 Å². The number of fused-ring (bicyclic) bond motifs is 1. The fourth-order valence-corrected chi connectivity index (χ4v) is 5.27. The molecule has 0 saturated carbocycles. The molecule has 3 heterocycles. The molecule has 2 aliphatic heterocycles. The number of hydrogen-bond acceptors (Lipinski definition) is 5. The van der Waals surface area contributed by atoms with Crippen molar-refractivity contribution in [3.63, 3.8) is 0 Å². The Kier molecular flexibility index (Phi) is 5.96. The highest BCUT2D eigenvalue weighted by Crippen LogP contribution is 2.37. The molecule has 2 saturated heterocycles. The van der Waals surface area contributed by atoms with Crippen molar-refractivity contribution in [3.05, 3.63) is 71.9 Å². The molecule has 1 spiro atoms. The van der Waals surface area contributed by atoms with Crippen LogP contribution in [0.4, 0.5) is 4.79 Å². The van der Waals surface area contributed by atoms with E-state index in [9.17, 15) is 9.59 Å². The van der Waals surface area contributed by atoms with Crippen molar-refractivity contribution in [3.8, 4) is 5.75 Å². The van der Waals surface area contributed by atoms with Gasteiger partial charge in [-0.1, -0.05) is 24.3 Å². The van der Waals surface area contributed by atoms with Crippen molar-refractivity contribution in [2.75, 3.05) is 33.8 Å². The van der Waals surface area contributed by atoms with Gasteiger partial charge in [0.1, 0.15) is 11.3 Å². The van der Waals surface area contributed by atoms with Crippen LogP contribution in [0.1, 0.15) is 24.0 Å². The molecule has 3 aromatic rings. The van der Waals surface area contributed by atoms with Gasteiger partial charge in [-0.25, -0.2) is 4.79 Å². The molecule has 176 valence electrons. The van der Waals surface area contributed by atoms with E-state index in [1.807, 2.05) is 41.4 Å². The summed E-state index contributed by atoms with van der Waals surface area (Å²) in [5.74, 6) is 0.742. The van der Waals surface area contributed by atoms with Gasteiger partial charge in [-0.2, -0.15) is 0 Å². The lowest BCUT2D eigenvalue weighted by molar-refractivity contribution is -0.134. The van der Waals surface area contributed by atoms with E-state index >= 15 is 0 Å². The van der Waals surface area contributed by atoms with Gasteiger partial charge in [0.15, 0.2) is 0 Å². The SMILES string of the molecule is COc1ccc(CCN2C(=O)N(C)C(=O)C23CCN(Cc2ccc4ncccc4c2)CC3)cc1. The summed E-state index contributed by atoms with van der Waals surface area (Å²) in [6, 6.07) is 18.1. The highest BCUT2D eigenvalue weighted by molar-refractivity contribution is 6.06. The second kappa shape index (κ2) is 9.06. The molecule has 34 heavy (non-hydrogen) atoms. The first-order valence-corrected chi connectivity index (χ1v) is 11.8. The molecule has 2 aromatic carbocycles. The molecular formula is C27H30N4O3. The van der Waals surface area contributed by atoms with Gasteiger partial charge in [-0.15, -0.1) is 0 Å². The molecule has 0 bridgehead atoms. The van der Waals surface area contributed by atoms with Crippen LogP contribution in [-0.4, -0.2) is 71.0 Å². The van der Waals surface area contributed by atoms with Gasteiger partial charge in [0.05, 0.1) is 12.6 Å². The van der Waals surface area contributed by atoms with E-state index < -0.39 is 5.54 Å². The van der Waals surface area contributed by atoms with Crippen LogP contribution in [0.15, 0.2) is 60.8 Å². The molecular weight excluding hydrogens is 428 g/mol. The van der Waals surface area contributed by atoms with E-state index in [-0.39, 0.29) is 11.9 Å². The van der Waals surface area contributed by atoms with E-state index in [1.165, 1.54) is 10.5 Å². The number of urea groups is 1. The summed E-state index contributed by atoms with van der Waals surface area (Å²) in [6.07, 6.45) is 3.82. The Morgan fingerprint density at radius 1 is 1.00 bits per heavy atom. The minimum Gasteiger partial charge on any atom is -0.497 e. The van der Waals surface area contributed by atoms with Crippen LogP contribution in [0, 0.1) is 0 Å². The van der Waals surface area contributed by atoms with Crippen LogP contribution in [0.5, 0.6) is 5.75 Å².